The van der Waals surface area contributed by atoms with Crippen molar-refractivity contribution in [3.8, 4) is 40.3 Å². The smallest absolute Gasteiger partial charge is 0.102 e. The van der Waals surface area contributed by atoms with E-state index in [9.17, 15) is 10.5 Å². The molecule has 0 fully saturated rings. The Morgan fingerprint density at radius 1 is 0.364 bits per heavy atom. The topological polar surface area (TPSA) is 62.4 Å². The van der Waals surface area contributed by atoms with Crippen LogP contribution in [0.2, 0.25) is 0 Å². The SMILES string of the molecule is N#Cc1c(-c2ccc(-n3c4ccccc4c4cccc(-n5c6ccccc6c6ccccc65)c43)cc2)cccc1-n1c2ccccc2c2c(C#N)cccc21. The minimum atomic E-state index is 0.575. The molecule has 55 heavy (non-hydrogen) atoms. The van der Waals surface area contributed by atoms with Crippen LogP contribution in [0.1, 0.15) is 11.1 Å². The molecule has 0 aliphatic rings. The third kappa shape index (κ3) is 4.33. The van der Waals surface area contributed by atoms with Crippen molar-refractivity contribution in [2.45, 2.75) is 0 Å². The van der Waals surface area contributed by atoms with Gasteiger partial charge in [0.15, 0.2) is 0 Å². The van der Waals surface area contributed by atoms with Crippen molar-refractivity contribution in [2.75, 3.05) is 0 Å². The van der Waals surface area contributed by atoms with Crippen LogP contribution in [0, 0.1) is 22.7 Å². The number of hydrogen-bond donors (Lipinski definition) is 0. The summed E-state index contributed by atoms with van der Waals surface area (Å²) >= 11 is 0. The molecule has 0 saturated carbocycles. The molecule has 11 aromatic rings. The van der Waals surface area contributed by atoms with E-state index >= 15 is 0 Å². The predicted octanol–water partition coefficient (Wildman–Crippen LogP) is 12.4. The minimum Gasteiger partial charge on any atom is -0.308 e. The van der Waals surface area contributed by atoms with E-state index in [1.54, 1.807) is 0 Å². The normalized spacial score (nSPS) is 11.6. The monoisotopic (exact) mass is 699 g/mol. The zero-order valence-corrected chi connectivity index (χ0v) is 29.5. The number of aromatic nitrogens is 3. The second-order valence-corrected chi connectivity index (χ2v) is 13.9. The van der Waals surface area contributed by atoms with Crippen molar-refractivity contribution in [1.82, 2.24) is 13.7 Å². The van der Waals surface area contributed by atoms with Gasteiger partial charge >= 0.3 is 0 Å². The quantitative estimate of drug-likeness (QED) is 0.184. The van der Waals surface area contributed by atoms with E-state index < -0.39 is 0 Å². The van der Waals surface area contributed by atoms with Gasteiger partial charge in [0, 0.05) is 43.6 Å². The Labute approximate surface area is 316 Å². The van der Waals surface area contributed by atoms with E-state index in [-0.39, 0.29) is 0 Å². The Bertz CT molecular complexity index is 3400. The molecule has 0 unspecified atom stereocenters. The van der Waals surface area contributed by atoms with Crippen LogP contribution in [0.5, 0.6) is 0 Å². The number of fused-ring (bicyclic) bond motifs is 9. The molecule has 8 aromatic carbocycles. The van der Waals surface area contributed by atoms with E-state index in [4.69, 9.17) is 0 Å². The molecule has 0 N–H and O–H groups in total. The van der Waals surface area contributed by atoms with Crippen molar-refractivity contribution in [2.24, 2.45) is 0 Å². The van der Waals surface area contributed by atoms with Crippen LogP contribution in [-0.2, 0) is 0 Å². The summed E-state index contributed by atoms with van der Waals surface area (Å²) < 4.78 is 6.89. The summed E-state index contributed by atoms with van der Waals surface area (Å²) in [5, 5.41) is 27.5. The summed E-state index contributed by atoms with van der Waals surface area (Å²) in [6, 6.07) is 65.9. The Balaban J connectivity index is 1.12. The zero-order chi connectivity index (χ0) is 36.6. The largest absolute Gasteiger partial charge is 0.308 e. The van der Waals surface area contributed by atoms with E-state index in [2.05, 4.69) is 147 Å². The molecule has 0 bridgehead atoms. The highest BCUT2D eigenvalue weighted by molar-refractivity contribution is 6.15. The average molecular weight is 700 g/mol. The highest BCUT2D eigenvalue weighted by atomic mass is 15.1. The predicted molar refractivity (Wildman–Crippen MR) is 224 cm³/mol. The zero-order valence-electron chi connectivity index (χ0n) is 29.5. The summed E-state index contributed by atoms with van der Waals surface area (Å²) in [6.07, 6.45) is 0. The number of hydrogen-bond acceptors (Lipinski definition) is 2. The Morgan fingerprint density at radius 3 is 1.51 bits per heavy atom. The lowest BCUT2D eigenvalue weighted by Crippen LogP contribution is -2.01. The van der Waals surface area contributed by atoms with Gasteiger partial charge in [-0.15, -0.1) is 0 Å². The lowest BCUT2D eigenvalue weighted by Gasteiger charge is -2.16. The molecule has 3 heterocycles. The highest BCUT2D eigenvalue weighted by Gasteiger charge is 2.21. The van der Waals surface area contributed by atoms with Gasteiger partial charge in [-0.05, 0) is 66.2 Å². The third-order valence-electron chi connectivity index (χ3n) is 11.1. The first-order valence-corrected chi connectivity index (χ1v) is 18.3. The number of nitrogens with zero attached hydrogens (tertiary/aromatic N) is 5. The van der Waals surface area contributed by atoms with Crippen LogP contribution in [0.25, 0.3) is 93.6 Å². The summed E-state index contributed by atoms with van der Waals surface area (Å²) in [7, 11) is 0. The Kier molecular flexibility index (Phi) is 6.61. The van der Waals surface area contributed by atoms with Crippen LogP contribution < -0.4 is 0 Å². The van der Waals surface area contributed by atoms with Gasteiger partial charge in [-0.1, -0.05) is 115 Å². The van der Waals surface area contributed by atoms with Gasteiger partial charge in [-0.2, -0.15) is 10.5 Å². The molecule has 254 valence electrons. The first-order chi connectivity index (χ1) is 27.2. The van der Waals surface area contributed by atoms with Gasteiger partial charge in [0.1, 0.15) is 6.07 Å². The second-order valence-electron chi connectivity index (χ2n) is 13.9. The molecule has 5 nitrogen and oxygen atoms in total. The fourth-order valence-corrected chi connectivity index (χ4v) is 8.88. The number of benzene rings is 8. The fourth-order valence-electron chi connectivity index (χ4n) is 8.88. The molecule has 0 spiro atoms. The maximum Gasteiger partial charge on any atom is 0.102 e. The highest BCUT2D eigenvalue weighted by Crippen LogP contribution is 2.41. The second kappa shape index (κ2) is 11.8. The molecule has 0 aliphatic carbocycles. The summed E-state index contributed by atoms with van der Waals surface area (Å²) in [4.78, 5) is 0. The van der Waals surface area contributed by atoms with Crippen molar-refractivity contribution in [3.63, 3.8) is 0 Å². The average Bonchev–Trinajstić information content (AvgIpc) is 3.89. The van der Waals surface area contributed by atoms with Gasteiger partial charge in [-0.3, -0.25) is 0 Å². The number of rotatable bonds is 4. The van der Waals surface area contributed by atoms with Crippen molar-refractivity contribution in [3.05, 3.63) is 187 Å². The van der Waals surface area contributed by atoms with Crippen LogP contribution in [-0.4, -0.2) is 13.7 Å². The van der Waals surface area contributed by atoms with E-state index in [0.717, 1.165) is 61.0 Å². The van der Waals surface area contributed by atoms with Gasteiger partial charge in [0.05, 0.1) is 61.7 Å². The maximum atomic E-state index is 10.8. The van der Waals surface area contributed by atoms with Gasteiger partial charge < -0.3 is 13.7 Å². The molecule has 0 saturated heterocycles. The number of para-hydroxylation sites is 5. The molecule has 11 rings (SSSR count). The van der Waals surface area contributed by atoms with Gasteiger partial charge in [-0.25, -0.2) is 0 Å². The van der Waals surface area contributed by atoms with Crippen LogP contribution >= 0.6 is 0 Å². The molecular weight excluding hydrogens is 671 g/mol. The third-order valence-corrected chi connectivity index (χ3v) is 11.1. The molecule has 0 atom stereocenters. The fraction of sp³-hybridized carbons (Fsp3) is 0. The molecule has 3 aromatic heterocycles. The lowest BCUT2D eigenvalue weighted by atomic mass is 9.98. The maximum absolute atomic E-state index is 10.8. The number of nitriles is 2. The first kappa shape index (κ1) is 30.7. The molecule has 0 radical (unpaired) electrons. The minimum absolute atomic E-state index is 0.575. The van der Waals surface area contributed by atoms with Crippen LogP contribution in [0.15, 0.2) is 176 Å². The van der Waals surface area contributed by atoms with E-state index in [1.165, 1.54) is 32.6 Å². The van der Waals surface area contributed by atoms with E-state index in [0.29, 0.717) is 11.1 Å². The Hall–Kier alpha value is -7.86. The standard InChI is InChI=1S/C50H29N5/c51-30-33-12-9-24-47-49(33)40-16-4-8-22-45(40)54(47)46-23-10-17-35(41(46)31-52)32-26-28-34(29-27-32)53-42-19-5-3-15-38(42)39-18-11-25-48(50(39)53)55-43-20-6-1-13-36(43)37-14-2-7-21-44(37)55/h1-29H. The molecular formula is C50H29N5. The molecule has 0 aliphatic heterocycles. The summed E-state index contributed by atoms with van der Waals surface area (Å²) in [6.45, 7) is 0. The van der Waals surface area contributed by atoms with Gasteiger partial charge in [0.2, 0.25) is 0 Å². The summed E-state index contributed by atoms with van der Waals surface area (Å²) in [5.41, 5.74) is 12.4. The van der Waals surface area contributed by atoms with Crippen LogP contribution in [0.3, 0.4) is 0 Å². The van der Waals surface area contributed by atoms with E-state index in [1.807, 2.05) is 54.6 Å². The molecule has 0 amide bonds. The molecule has 5 heteroatoms. The Morgan fingerprint density at radius 2 is 0.855 bits per heavy atom. The first-order valence-electron chi connectivity index (χ1n) is 18.3. The lowest BCUT2D eigenvalue weighted by molar-refractivity contribution is 1.13. The van der Waals surface area contributed by atoms with Crippen molar-refractivity contribution < 1.29 is 0 Å². The van der Waals surface area contributed by atoms with Crippen LogP contribution in [0.4, 0.5) is 0 Å². The summed E-state index contributed by atoms with van der Waals surface area (Å²) in [5.74, 6) is 0. The van der Waals surface area contributed by atoms with Crippen molar-refractivity contribution in [1.29, 1.82) is 10.5 Å². The van der Waals surface area contributed by atoms with Crippen molar-refractivity contribution >= 4 is 65.4 Å². The van der Waals surface area contributed by atoms with Gasteiger partial charge in [0.25, 0.3) is 0 Å².